The molecule has 2 aromatic rings. The summed E-state index contributed by atoms with van der Waals surface area (Å²) >= 11 is 0. The van der Waals surface area contributed by atoms with Gasteiger partial charge in [0.25, 0.3) is 5.56 Å². The van der Waals surface area contributed by atoms with Crippen molar-refractivity contribution in [2.24, 2.45) is 5.92 Å². The van der Waals surface area contributed by atoms with Crippen LogP contribution in [0.2, 0.25) is 0 Å². The number of rotatable bonds is 6. The van der Waals surface area contributed by atoms with Gasteiger partial charge in [-0.3, -0.25) is 9.59 Å². The third kappa shape index (κ3) is 4.50. The Kier molecular flexibility index (Phi) is 5.63. The molecule has 25 heavy (non-hydrogen) atoms. The number of carboxylic acids is 1. The van der Waals surface area contributed by atoms with Crippen LogP contribution in [0.5, 0.6) is 0 Å². The predicted molar refractivity (Wildman–Crippen MR) is 88.3 cm³/mol. The molecule has 132 valence electrons. The van der Waals surface area contributed by atoms with Gasteiger partial charge >= 0.3 is 5.97 Å². The van der Waals surface area contributed by atoms with Crippen LogP contribution >= 0.6 is 0 Å². The van der Waals surface area contributed by atoms with Crippen LogP contribution in [0.25, 0.3) is 11.3 Å². The van der Waals surface area contributed by atoms with Crippen LogP contribution in [0.1, 0.15) is 13.8 Å². The highest BCUT2D eigenvalue weighted by Gasteiger charge is 2.23. The molecule has 8 heteroatoms. The second-order valence-corrected chi connectivity index (χ2v) is 5.82. The average molecular weight is 347 g/mol. The van der Waals surface area contributed by atoms with Crippen LogP contribution in [0.3, 0.4) is 0 Å². The lowest BCUT2D eigenvalue weighted by Gasteiger charge is -2.18. The number of carbonyl (C=O) groups excluding carboxylic acids is 1. The Morgan fingerprint density at radius 2 is 1.92 bits per heavy atom. The summed E-state index contributed by atoms with van der Waals surface area (Å²) in [5.41, 5.74) is -0.155. The van der Waals surface area contributed by atoms with Crippen molar-refractivity contribution in [2.75, 3.05) is 0 Å². The lowest BCUT2D eigenvalue weighted by Crippen LogP contribution is -2.46. The van der Waals surface area contributed by atoms with Crippen LogP contribution in [-0.2, 0) is 16.1 Å². The number of aromatic nitrogens is 2. The number of benzene rings is 1. The fourth-order valence-corrected chi connectivity index (χ4v) is 2.24. The summed E-state index contributed by atoms with van der Waals surface area (Å²) in [4.78, 5) is 35.1. The van der Waals surface area contributed by atoms with E-state index in [2.05, 4.69) is 10.4 Å². The van der Waals surface area contributed by atoms with Gasteiger partial charge in [-0.2, -0.15) is 5.10 Å². The van der Waals surface area contributed by atoms with Gasteiger partial charge in [-0.15, -0.1) is 0 Å². The molecule has 0 aliphatic carbocycles. The van der Waals surface area contributed by atoms with Crippen molar-refractivity contribution in [1.82, 2.24) is 15.1 Å². The van der Waals surface area contributed by atoms with Gasteiger partial charge in [-0.05, 0) is 24.1 Å². The highest BCUT2D eigenvalue weighted by Crippen LogP contribution is 2.18. The van der Waals surface area contributed by atoms with Gasteiger partial charge in [0.15, 0.2) is 0 Å². The molecular formula is C17H18FN3O4. The molecule has 1 aromatic carbocycles. The molecule has 2 rings (SSSR count). The molecule has 1 amide bonds. The number of carboxylic acid groups (broad SMARTS) is 1. The average Bonchev–Trinajstić information content (AvgIpc) is 2.54. The van der Waals surface area contributed by atoms with Crippen molar-refractivity contribution in [2.45, 2.75) is 26.4 Å². The first kappa shape index (κ1) is 18.3. The Hall–Kier alpha value is -3.03. The zero-order valence-corrected chi connectivity index (χ0v) is 13.8. The second-order valence-electron chi connectivity index (χ2n) is 5.82. The highest BCUT2D eigenvalue weighted by atomic mass is 19.1. The van der Waals surface area contributed by atoms with Crippen molar-refractivity contribution in [3.63, 3.8) is 0 Å². The van der Waals surface area contributed by atoms with Gasteiger partial charge in [0.05, 0.1) is 5.69 Å². The van der Waals surface area contributed by atoms with E-state index in [4.69, 9.17) is 5.11 Å². The lowest BCUT2D eigenvalue weighted by atomic mass is 10.1. The quantitative estimate of drug-likeness (QED) is 0.820. The molecule has 1 atom stereocenters. The topological polar surface area (TPSA) is 101 Å². The van der Waals surface area contributed by atoms with E-state index in [0.717, 1.165) is 4.68 Å². The standard InChI is InChI=1S/C17H18FN3O4/c1-10(2)16(17(24)25)19-14(22)9-21-15(23)8-7-13(20-21)11-5-3-4-6-12(11)18/h3-8,10,16H,9H2,1-2H3,(H,19,22)(H,24,25)/t16-/m1/s1. The number of halogens is 1. The molecule has 0 bridgehead atoms. The fourth-order valence-electron chi connectivity index (χ4n) is 2.24. The van der Waals surface area contributed by atoms with E-state index in [1.54, 1.807) is 19.9 Å². The Bertz CT molecular complexity index is 848. The first-order valence-corrected chi connectivity index (χ1v) is 7.65. The molecule has 1 aromatic heterocycles. The highest BCUT2D eigenvalue weighted by molar-refractivity contribution is 5.83. The molecule has 0 spiro atoms. The van der Waals surface area contributed by atoms with E-state index in [0.29, 0.717) is 0 Å². The third-order valence-electron chi connectivity index (χ3n) is 3.56. The number of carbonyl (C=O) groups is 2. The summed E-state index contributed by atoms with van der Waals surface area (Å²) in [6.45, 7) is 2.85. The van der Waals surface area contributed by atoms with E-state index in [-0.39, 0.29) is 17.2 Å². The number of hydrogen-bond acceptors (Lipinski definition) is 4. The predicted octanol–water partition coefficient (Wildman–Crippen LogP) is 1.27. The summed E-state index contributed by atoms with van der Waals surface area (Å²) in [6, 6.07) is 7.40. The molecule has 1 heterocycles. The molecular weight excluding hydrogens is 329 g/mol. The van der Waals surface area contributed by atoms with E-state index in [9.17, 15) is 18.8 Å². The smallest absolute Gasteiger partial charge is 0.326 e. The molecule has 7 nitrogen and oxygen atoms in total. The van der Waals surface area contributed by atoms with E-state index < -0.39 is 35.8 Å². The molecule has 0 aliphatic rings. The van der Waals surface area contributed by atoms with Crippen LogP contribution in [0.15, 0.2) is 41.2 Å². The summed E-state index contributed by atoms with van der Waals surface area (Å²) in [7, 11) is 0. The zero-order chi connectivity index (χ0) is 18.6. The number of nitrogens with one attached hydrogen (secondary N) is 1. The molecule has 2 N–H and O–H groups in total. The minimum absolute atomic E-state index is 0.197. The first-order chi connectivity index (χ1) is 11.8. The summed E-state index contributed by atoms with van der Waals surface area (Å²) in [6.07, 6.45) is 0. The Morgan fingerprint density at radius 3 is 2.52 bits per heavy atom. The van der Waals surface area contributed by atoms with E-state index in [1.807, 2.05) is 0 Å². The van der Waals surface area contributed by atoms with Crippen molar-refractivity contribution in [3.05, 3.63) is 52.6 Å². The van der Waals surface area contributed by atoms with Crippen molar-refractivity contribution in [3.8, 4) is 11.3 Å². The maximum atomic E-state index is 13.8. The number of hydrogen-bond donors (Lipinski definition) is 2. The van der Waals surface area contributed by atoms with Gasteiger partial charge < -0.3 is 10.4 Å². The molecule has 0 radical (unpaired) electrons. The van der Waals surface area contributed by atoms with E-state index >= 15 is 0 Å². The third-order valence-corrected chi connectivity index (χ3v) is 3.56. The number of amides is 1. The normalized spacial score (nSPS) is 12.0. The number of aliphatic carboxylic acids is 1. The minimum atomic E-state index is -1.16. The second kappa shape index (κ2) is 7.69. The zero-order valence-electron chi connectivity index (χ0n) is 13.8. The van der Waals surface area contributed by atoms with Crippen molar-refractivity contribution in [1.29, 1.82) is 0 Å². The van der Waals surface area contributed by atoms with Crippen LogP contribution < -0.4 is 10.9 Å². The minimum Gasteiger partial charge on any atom is -0.480 e. The molecule has 0 unspecified atom stereocenters. The maximum absolute atomic E-state index is 13.8. The van der Waals surface area contributed by atoms with E-state index in [1.165, 1.54) is 30.3 Å². The van der Waals surface area contributed by atoms with Gasteiger partial charge in [-0.25, -0.2) is 13.9 Å². The van der Waals surface area contributed by atoms with Crippen LogP contribution in [-0.4, -0.2) is 32.8 Å². The monoisotopic (exact) mass is 347 g/mol. The molecule has 0 saturated carbocycles. The Labute approximate surface area is 143 Å². The van der Waals surface area contributed by atoms with Crippen LogP contribution in [0.4, 0.5) is 4.39 Å². The Balaban J connectivity index is 2.24. The molecule has 0 fully saturated rings. The van der Waals surface area contributed by atoms with Crippen molar-refractivity contribution < 1.29 is 19.1 Å². The lowest BCUT2D eigenvalue weighted by molar-refractivity contribution is -0.143. The van der Waals surface area contributed by atoms with Crippen LogP contribution in [0, 0.1) is 11.7 Å². The maximum Gasteiger partial charge on any atom is 0.326 e. The van der Waals surface area contributed by atoms with Gasteiger partial charge in [0.1, 0.15) is 18.4 Å². The summed E-state index contributed by atoms with van der Waals surface area (Å²) in [5, 5.41) is 15.4. The largest absolute Gasteiger partial charge is 0.480 e. The molecule has 0 aliphatic heterocycles. The Morgan fingerprint density at radius 1 is 1.24 bits per heavy atom. The van der Waals surface area contributed by atoms with Gasteiger partial charge in [0, 0.05) is 11.6 Å². The van der Waals surface area contributed by atoms with Crippen molar-refractivity contribution >= 4 is 11.9 Å². The first-order valence-electron chi connectivity index (χ1n) is 7.65. The fraction of sp³-hybridized carbons (Fsp3) is 0.294. The molecule has 0 saturated heterocycles. The summed E-state index contributed by atoms with van der Waals surface area (Å²) in [5.74, 6) is -2.66. The number of nitrogens with zero attached hydrogens (tertiary/aromatic N) is 2. The SMILES string of the molecule is CC(C)[C@@H](NC(=O)Cn1nc(-c2ccccc2F)ccc1=O)C(=O)O. The van der Waals surface area contributed by atoms with Gasteiger partial charge in [0.2, 0.25) is 5.91 Å². The van der Waals surface area contributed by atoms with Gasteiger partial charge in [-0.1, -0.05) is 26.0 Å². The summed E-state index contributed by atoms with van der Waals surface area (Å²) < 4.78 is 14.7.